The summed E-state index contributed by atoms with van der Waals surface area (Å²) in [5.74, 6) is -0.218. The van der Waals surface area contributed by atoms with Gasteiger partial charge in [0.15, 0.2) is 0 Å². The number of hydrogen-bond acceptors (Lipinski definition) is 4. The zero-order chi connectivity index (χ0) is 15.1. The molecule has 2 rings (SSSR count). The third-order valence-electron chi connectivity index (χ3n) is 3.49. The van der Waals surface area contributed by atoms with Crippen molar-refractivity contribution in [3.63, 3.8) is 0 Å². The van der Waals surface area contributed by atoms with Crippen molar-refractivity contribution < 1.29 is 9.53 Å². The molecule has 0 amide bonds. The first-order valence-corrected chi connectivity index (χ1v) is 6.97. The van der Waals surface area contributed by atoms with Crippen LogP contribution in [0.15, 0.2) is 48.8 Å². The van der Waals surface area contributed by atoms with Crippen LogP contribution >= 0.6 is 0 Å². The zero-order valence-corrected chi connectivity index (χ0v) is 12.4. The molecule has 4 nitrogen and oxygen atoms in total. The molecule has 0 radical (unpaired) electrons. The molecule has 1 heterocycles. The molecule has 0 spiro atoms. The van der Waals surface area contributed by atoms with E-state index in [0.29, 0.717) is 13.0 Å². The summed E-state index contributed by atoms with van der Waals surface area (Å²) in [6, 6.07) is 12.1. The number of aromatic nitrogens is 1. The number of nitrogens with one attached hydrogen (secondary N) is 1. The molecule has 0 saturated heterocycles. The summed E-state index contributed by atoms with van der Waals surface area (Å²) in [6.07, 6.45) is 3.88. The SMILES string of the molecule is COC(=O)Cc1ccccc1CNC(C)c1ccncc1. The molecule has 2 aromatic rings. The Hall–Kier alpha value is -2.20. The van der Waals surface area contributed by atoms with Gasteiger partial charge >= 0.3 is 5.97 Å². The van der Waals surface area contributed by atoms with Crippen LogP contribution in [0.1, 0.15) is 29.7 Å². The van der Waals surface area contributed by atoms with Gasteiger partial charge in [0, 0.05) is 25.0 Å². The zero-order valence-electron chi connectivity index (χ0n) is 12.4. The lowest BCUT2D eigenvalue weighted by molar-refractivity contribution is -0.139. The van der Waals surface area contributed by atoms with Gasteiger partial charge in [0.2, 0.25) is 0 Å². The first-order chi connectivity index (χ1) is 10.2. The van der Waals surface area contributed by atoms with Gasteiger partial charge in [-0.25, -0.2) is 0 Å². The average molecular weight is 284 g/mol. The number of methoxy groups -OCH3 is 1. The molecule has 0 saturated carbocycles. The summed E-state index contributed by atoms with van der Waals surface area (Å²) < 4.78 is 4.74. The highest BCUT2D eigenvalue weighted by molar-refractivity contribution is 5.72. The lowest BCUT2D eigenvalue weighted by Crippen LogP contribution is -2.19. The maximum Gasteiger partial charge on any atom is 0.309 e. The molecule has 1 unspecified atom stereocenters. The summed E-state index contributed by atoms with van der Waals surface area (Å²) in [5.41, 5.74) is 3.30. The average Bonchev–Trinajstić information content (AvgIpc) is 2.54. The van der Waals surface area contributed by atoms with Crippen LogP contribution in [0.3, 0.4) is 0 Å². The molecule has 0 aliphatic heterocycles. The Kier molecular flexibility index (Phi) is 5.46. The van der Waals surface area contributed by atoms with Crippen molar-refractivity contribution in [2.24, 2.45) is 0 Å². The van der Waals surface area contributed by atoms with Crippen molar-refractivity contribution in [1.29, 1.82) is 0 Å². The second-order valence-electron chi connectivity index (χ2n) is 4.90. The van der Waals surface area contributed by atoms with E-state index in [9.17, 15) is 4.79 Å². The molecule has 0 fully saturated rings. The van der Waals surface area contributed by atoms with Gasteiger partial charge in [-0.05, 0) is 35.7 Å². The number of benzene rings is 1. The molecule has 1 aromatic heterocycles. The molecule has 0 aliphatic rings. The van der Waals surface area contributed by atoms with Crippen molar-refractivity contribution in [2.75, 3.05) is 7.11 Å². The molecule has 110 valence electrons. The first-order valence-electron chi connectivity index (χ1n) is 6.97. The van der Waals surface area contributed by atoms with E-state index < -0.39 is 0 Å². The van der Waals surface area contributed by atoms with Gasteiger partial charge in [-0.1, -0.05) is 24.3 Å². The number of rotatable bonds is 6. The summed E-state index contributed by atoms with van der Waals surface area (Å²) >= 11 is 0. The quantitative estimate of drug-likeness (QED) is 0.829. The van der Waals surface area contributed by atoms with Gasteiger partial charge in [0.05, 0.1) is 13.5 Å². The number of carbonyl (C=O) groups is 1. The van der Waals surface area contributed by atoms with Crippen LogP contribution in [-0.4, -0.2) is 18.1 Å². The molecular formula is C17H20N2O2. The van der Waals surface area contributed by atoms with E-state index in [1.54, 1.807) is 12.4 Å². The number of hydrogen-bond donors (Lipinski definition) is 1. The lowest BCUT2D eigenvalue weighted by atomic mass is 10.0. The van der Waals surface area contributed by atoms with Crippen LogP contribution in [0.25, 0.3) is 0 Å². The molecule has 0 bridgehead atoms. The topological polar surface area (TPSA) is 51.2 Å². The van der Waals surface area contributed by atoms with E-state index in [4.69, 9.17) is 4.74 Å². The number of ether oxygens (including phenoxy) is 1. The second-order valence-corrected chi connectivity index (χ2v) is 4.90. The first kappa shape index (κ1) is 15.2. The van der Waals surface area contributed by atoms with E-state index in [1.165, 1.54) is 12.7 Å². The molecule has 1 N–H and O–H groups in total. The Bertz CT molecular complexity index is 584. The van der Waals surface area contributed by atoms with Gasteiger partial charge in [0.25, 0.3) is 0 Å². The third-order valence-corrected chi connectivity index (χ3v) is 3.49. The predicted octanol–water partition coefficient (Wildman–Crippen LogP) is 2.65. The number of pyridine rings is 1. The predicted molar refractivity (Wildman–Crippen MR) is 81.7 cm³/mol. The Balaban J connectivity index is 2.01. The summed E-state index contributed by atoms with van der Waals surface area (Å²) in [5, 5.41) is 3.47. The number of carbonyl (C=O) groups excluding carboxylic acids is 1. The fourth-order valence-electron chi connectivity index (χ4n) is 2.16. The molecule has 0 aliphatic carbocycles. The Morgan fingerprint density at radius 1 is 1.19 bits per heavy atom. The largest absolute Gasteiger partial charge is 0.469 e. The van der Waals surface area contributed by atoms with E-state index in [1.807, 2.05) is 36.4 Å². The maximum absolute atomic E-state index is 11.4. The standard InChI is InChI=1S/C17H20N2O2/c1-13(14-7-9-18-10-8-14)19-12-16-6-4-3-5-15(16)11-17(20)21-2/h3-10,13,19H,11-12H2,1-2H3. The minimum atomic E-state index is -0.218. The third kappa shape index (κ3) is 4.39. The van der Waals surface area contributed by atoms with Crippen LogP contribution in [0.2, 0.25) is 0 Å². The summed E-state index contributed by atoms with van der Waals surface area (Å²) in [4.78, 5) is 15.5. The number of nitrogens with zero attached hydrogens (tertiary/aromatic N) is 1. The van der Waals surface area contributed by atoms with E-state index in [0.717, 1.165) is 11.1 Å². The lowest BCUT2D eigenvalue weighted by Gasteiger charge is -2.16. The van der Waals surface area contributed by atoms with Crippen LogP contribution in [0.5, 0.6) is 0 Å². The molecule has 1 aromatic carbocycles. The van der Waals surface area contributed by atoms with Crippen molar-refractivity contribution >= 4 is 5.97 Å². The van der Waals surface area contributed by atoms with Gasteiger partial charge in [-0.15, -0.1) is 0 Å². The minimum absolute atomic E-state index is 0.218. The summed E-state index contributed by atoms with van der Waals surface area (Å²) in [6.45, 7) is 2.81. The van der Waals surface area contributed by atoms with Crippen LogP contribution < -0.4 is 5.32 Å². The van der Waals surface area contributed by atoms with Crippen LogP contribution in [0, 0.1) is 0 Å². The highest BCUT2D eigenvalue weighted by Crippen LogP contribution is 2.14. The highest BCUT2D eigenvalue weighted by atomic mass is 16.5. The monoisotopic (exact) mass is 284 g/mol. The second kappa shape index (κ2) is 7.55. The van der Waals surface area contributed by atoms with Crippen LogP contribution in [0.4, 0.5) is 0 Å². The molecule has 21 heavy (non-hydrogen) atoms. The Labute approximate surface area is 125 Å². The van der Waals surface area contributed by atoms with E-state index >= 15 is 0 Å². The van der Waals surface area contributed by atoms with Crippen molar-refractivity contribution in [1.82, 2.24) is 10.3 Å². The normalized spacial score (nSPS) is 11.9. The fraction of sp³-hybridized carbons (Fsp3) is 0.294. The van der Waals surface area contributed by atoms with Crippen molar-refractivity contribution in [3.8, 4) is 0 Å². The summed E-state index contributed by atoms with van der Waals surface area (Å²) in [7, 11) is 1.41. The van der Waals surface area contributed by atoms with Gasteiger partial charge in [-0.2, -0.15) is 0 Å². The van der Waals surface area contributed by atoms with Crippen molar-refractivity contribution in [3.05, 3.63) is 65.5 Å². The highest BCUT2D eigenvalue weighted by Gasteiger charge is 2.09. The number of esters is 1. The smallest absolute Gasteiger partial charge is 0.309 e. The van der Waals surface area contributed by atoms with Gasteiger partial charge in [0.1, 0.15) is 0 Å². The Morgan fingerprint density at radius 3 is 2.52 bits per heavy atom. The maximum atomic E-state index is 11.4. The van der Waals surface area contributed by atoms with Gasteiger partial charge < -0.3 is 10.1 Å². The fourth-order valence-corrected chi connectivity index (χ4v) is 2.16. The molecular weight excluding hydrogens is 264 g/mol. The Morgan fingerprint density at radius 2 is 1.86 bits per heavy atom. The molecule has 1 atom stereocenters. The van der Waals surface area contributed by atoms with E-state index in [-0.39, 0.29) is 12.0 Å². The van der Waals surface area contributed by atoms with Gasteiger partial charge in [-0.3, -0.25) is 9.78 Å². The molecule has 4 heteroatoms. The minimum Gasteiger partial charge on any atom is -0.469 e. The van der Waals surface area contributed by atoms with Crippen LogP contribution in [-0.2, 0) is 22.5 Å². The van der Waals surface area contributed by atoms with E-state index in [2.05, 4.69) is 17.2 Å². The van der Waals surface area contributed by atoms with Crippen molar-refractivity contribution in [2.45, 2.75) is 25.9 Å².